The smallest absolute Gasteiger partial charge is 0.256 e. The van der Waals surface area contributed by atoms with Gasteiger partial charge in [0.2, 0.25) is 11.8 Å². The molecule has 0 saturated carbocycles. The first-order chi connectivity index (χ1) is 15.4. The molecular weight excluding hydrogens is 429 g/mol. The van der Waals surface area contributed by atoms with E-state index >= 15 is 0 Å². The molecule has 0 bridgehead atoms. The summed E-state index contributed by atoms with van der Waals surface area (Å²) in [4.78, 5) is 31.5. The molecule has 4 rings (SSSR count). The summed E-state index contributed by atoms with van der Waals surface area (Å²) >= 11 is 1.32. The van der Waals surface area contributed by atoms with Crippen molar-refractivity contribution in [3.63, 3.8) is 0 Å². The highest BCUT2D eigenvalue weighted by molar-refractivity contribution is 8.00. The van der Waals surface area contributed by atoms with Crippen LogP contribution in [0.5, 0.6) is 0 Å². The van der Waals surface area contributed by atoms with Crippen LogP contribution in [-0.4, -0.2) is 41.5 Å². The lowest BCUT2D eigenvalue weighted by atomic mass is 10.2. The Morgan fingerprint density at radius 1 is 1.06 bits per heavy atom. The summed E-state index contributed by atoms with van der Waals surface area (Å²) in [6, 6.07) is 18.2. The largest absolute Gasteiger partial charge is 0.436 e. The summed E-state index contributed by atoms with van der Waals surface area (Å²) in [5.74, 6) is -0.0378. The van der Waals surface area contributed by atoms with Crippen molar-refractivity contribution in [1.29, 1.82) is 0 Å². The fraction of sp³-hybridized carbons (Fsp3) is 0.125. The third-order valence-electron chi connectivity index (χ3n) is 4.72. The first-order valence-electron chi connectivity index (χ1n) is 9.80. The Labute approximate surface area is 188 Å². The maximum Gasteiger partial charge on any atom is 0.256 e. The first kappa shape index (κ1) is 21.6. The Morgan fingerprint density at radius 3 is 2.56 bits per heavy atom. The van der Waals surface area contributed by atoms with Gasteiger partial charge in [0.05, 0.1) is 11.3 Å². The van der Waals surface area contributed by atoms with Crippen molar-refractivity contribution >= 4 is 40.4 Å². The molecule has 0 fully saturated rings. The van der Waals surface area contributed by atoms with Gasteiger partial charge >= 0.3 is 0 Å². The summed E-state index contributed by atoms with van der Waals surface area (Å²) in [6.45, 7) is 0. The quantitative estimate of drug-likeness (QED) is 0.416. The van der Waals surface area contributed by atoms with Crippen LogP contribution in [0, 0.1) is 5.82 Å². The zero-order valence-corrected chi connectivity index (χ0v) is 18.3. The summed E-state index contributed by atoms with van der Waals surface area (Å²) in [5.41, 5.74) is 2.82. The van der Waals surface area contributed by atoms with Crippen molar-refractivity contribution in [3.8, 4) is 11.5 Å². The third kappa shape index (κ3) is 4.81. The molecule has 1 heterocycles. The van der Waals surface area contributed by atoms with E-state index in [1.54, 1.807) is 56.6 Å². The summed E-state index contributed by atoms with van der Waals surface area (Å²) in [7, 11) is 3.39. The van der Waals surface area contributed by atoms with Gasteiger partial charge in [-0.25, -0.2) is 9.37 Å². The molecule has 1 aromatic heterocycles. The summed E-state index contributed by atoms with van der Waals surface area (Å²) in [6.07, 6.45) is 0. The molecule has 162 valence electrons. The standard InChI is InChI=1S/C24H20FN3O3S/c1-28(2)22(29)14-32-21-6-4-3-5-18(21)23(30)26-17-11-12-19-20(13-17)31-24(27-19)15-7-9-16(25)10-8-15/h3-13H,14H2,1-2H3,(H,26,30). The number of benzene rings is 3. The SMILES string of the molecule is CN(C)C(=O)CSc1ccccc1C(=O)Nc1ccc2nc(-c3ccc(F)cc3)oc2c1. The number of aromatic nitrogens is 1. The van der Waals surface area contributed by atoms with Crippen molar-refractivity contribution in [3.05, 3.63) is 78.1 Å². The molecule has 0 aliphatic heterocycles. The van der Waals surface area contributed by atoms with E-state index in [1.165, 1.54) is 28.8 Å². The lowest BCUT2D eigenvalue weighted by molar-refractivity contribution is -0.125. The monoisotopic (exact) mass is 449 g/mol. The predicted molar refractivity (Wildman–Crippen MR) is 123 cm³/mol. The second-order valence-electron chi connectivity index (χ2n) is 7.24. The minimum Gasteiger partial charge on any atom is -0.436 e. The average Bonchev–Trinajstić information content (AvgIpc) is 3.21. The van der Waals surface area contributed by atoms with Gasteiger partial charge in [-0.2, -0.15) is 0 Å². The van der Waals surface area contributed by atoms with E-state index in [9.17, 15) is 14.0 Å². The van der Waals surface area contributed by atoms with Gasteiger partial charge in [-0.05, 0) is 48.5 Å². The number of halogens is 1. The number of thioether (sulfide) groups is 1. The van der Waals surface area contributed by atoms with Crippen LogP contribution in [0.4, 0.5) is 10.1 Å². The molecular formula is C24H20FN3O3S. The number of carbonyl (C=O) groups excluding carboxylic acids is 2. The zero-order chi connectivity index (χ0) is 22.7. The maximum absolute atomic E-state index is 13.2. The highest BCUT2D eigenvalue weighted by Gasteiger charge is 2.15. The van der Waals surface area contributed by atoms with Gasteiger partial charge in [0.25, 0.3) is 5.91 Å². The molecule has 0 radical (unpaired) electrons. The van der Waals surface area contributed by atoms with E-state index in [-0.39, 0.29) is 23.4 Å². The lowest BCUT2D eigenvalue weighted by Gasteiger charge is -2.12. The van der Waals surface area contributed by atoms with Gasteiger partial charge in [-0.3, -0.25) is 9.59 Å². The second kappa shape index (κ2) is 9.23. The van der Waals surface area contributed by atoms with Crippen LogP contribution in [0.3, 0.4) is 0 Å². The number of oxazole rings is 1. The van der Waals surface area contributed by atoms with Crippen molar-refractivity contribution < 1.29 is 18.4 Å². The van der Waals surface area contributed by atoms with Crippen molar-refractivity contribution in [1.82, 2.24) is 9.88 Å². The van der Waals surface area contributed by atoms with Crippen molar-refractivity contribution in [2.45, 2.75) is 4.90 Å². The number of nitrogens with zero attached hydrogens (tertiary/aromatic N) is 2. The van der Waals surface area contributed by atoms with E-state index in [1.807, 2.05) is 12.1 Å². The van der Waals surface area contributed by atoms with Gasteiger partial charge in [0, 0.05) is 36.3 Å². The molecule has 0 aliphatic rings. The number of rotatable bonds is 6. The van der Waals surface area contributed by atoms with E-state index in [2.05, 4.69) is 10.3 Å². The Kier molecular flexibility index (Phi) is 6.23. The first-order valence-corrected chi connectivity index (χ1v) is 10.8. The van der Waals surface area contributed by atoms with Crippen molar-refractivity contribution in [2.75, 3.05) is 25.2 Å². The molecule has 3 aromatic carbocycles. The van der Waals surface area contributed by atoms with Crippen LogP contribution in [0.15, 0.2) is 76.0 Å². The van der Waals surface area contributed by atoms with E-state index < -0.39 is 0 Å². The number of amides is 2. The minimum atomic E-state index is -0.334. The molecule has 8 heteroatoms. The Bertz CT molecular complexity index is 1290. The fourth-order valence-electron chi connectivity index (χ4n) is 2.97. The van der Waals surface area contributed by atoms with Crippen LogP contribution >= 0.6 is 11.8 Å². The number of hydrogen-bond acceptors (Lipinski definition) is 5. The number of carbonyl (C=O) groups is 2. The van der Waals surface area contributed by atoms with Gasteiger partial charge in [0.15, 0.2) is 5.58 Å². The third-order valence-corrected chi connectivity index (χ3v) is 5.78. The second-order valence-corrected chi connectivity index (χ2v) is 8.25. The number of fused-ring (bicyclic) bond motifs is 1. The molecule has 0 aliphatic carbocycles. The highest BCUT2D eigenvalue weighted by Crippen LogP contribution is 2.28. The lowest BCUT2D eigenvalue weighted by Crippen LogP contribution is -2.23. The van der Waals surface area contributed by atoms with Gasteiger partial charge < -0.3 is 14.6 Å². The predicted octanol–water partition coefficient (Wildman–Crippen LogP) is 5.07. The Morgan fingerprint density at radius 2 is 1.81 bits per heavy atom. The number of hydrogen-bond donors (Lipinski definition) is 1. The topological polar surface area (TPSA) is 75.4 Å². The molecule has 2 amide bonds. The van der Waals surface area contributed by atoms with E-state index in [0.717, 1.165) is 4.90 Å². The molecule has 0 spiro atoms. The molecule has 1 N–H and O–H groups in total. The Hall–Kier alpha value is -3.65. The van der Waals surface area contributed by atoms with E-state index in [0.29, 0.717) is 33.8 Å². The van der Waals surface area contributed by atoms with Gasteiger partial charge in [0.1, 0.15) is 11.3 Å². The average molecular weight is 450 g/mol. The van der Waals surface area contributed by atoms with Crippen LogP contribution in [0.25, 0.3) is 22.6 Å². The van der Waals surface area contributed by atoms with Crippen molar-refractivity contribution in [2.24, 2.45) is 0 Å². The van der Waals surface area contributed by atoms with Crippen LogP contribution in [-0.2, 0) is 4.79 Å². The Balaban J connectivity index is 1.53. The summed E-state index contributed by atoms with van der Waals surface area (Å²) < 4.78 is 19.0. The van der Waals surface area contributed by atoms with Gasteiger partial charge in [-0.1, -0.05) is 12.1 Å². The van der Waals surface area contributed by atoms with Crippen LogP contribution in [0.2, 0.25) is 0 Å². The molecule has 6 nitrogen and oxygen atoms in total. The minimum absolute atomic E-state index is 0.0297. The van der Waals surface area contributed by atoms with Gasteiger partial charge in [-0.15, -0.1) is 11.8 Å². The highest BCUT2D eigenvalue weighted by atomic mass is 32.2. The maximum atomic E-state index is 13.2. The molecule has 0 unspecified atom stereocenters. The zero-order valence-electron chi connectivity index (χ0n) is 17.5. The van der Waals surface area contributed by atoms with Crippen LogP contribution in [0.1, 0.15) is 10.4 Å². The number of nitrogens with one attached hydrogen (secondary N) is 1. The summed E-state index contributed by atoms with van der Waals surface area (Å²) in [5, 5.41) is 2.87. The number of anilines is 1. The molecule has 0 atom stereocenters. The molecule has 4 aromatic rings. The van der Waals surface area contributed by atoms with E-state index in [4.69, 9.17) is 4.42 Å². The normalized spacial score (nSPS) is 10.8. The van der Waals surface area contributed by atoms with Crippen LogP contribution < -0.4 is 5.32 Å². The molecule has 32 heavy (non-hydrogen) atoms. The fourth-order valence-corrected chi connectivity index (χ4v) is 3.99. The molecule has 0 saturated heterocycles.